The average molecular weight is 186 g/mol. The van der Waals surface area contributed by atoms with Gasteiger partial charge in [0.05, 0.1) is 0 Å². The van der Waals surface area contributed by atoms with Gasteiger partial charge in [0, 0.05) is 25.2 Å². The molecule has 0 amide bonds. The summed E-state index contributed by atoms with van der Waals surface area (Å²) in [6, 6.07) is 1.29. The Hall–Kier alpha value is -0.0800. The second-order valence-corrected chi connectivity index (χ2v) is 4.27. The molecule has 2 nitrogen and oxygen atoms in total. The normalized spacial score (nSPS) is 16.6. The fourth-order valence-corrected chi connectivity index (χ4v) is 1.59. The molecule has 13 heavy (non-hydrogen) atoms. The third kappa shape index (κ3) is 4.10. The number of hydrogen-bond donors (Lipinski definition) is 1. The molecule has 0 bridgehead atoms. The summed E-state index contributed by atoms with van der Waals surface area (Å²) >= 11 is 0. The Morgan fingerprint density at radius 3 is 2.00 bits per heavy atom. The van der Waals surface area contributed by atoms with Crippen LogP contribution in [0.2, 0.25) is 0 Å². The number of nitrogens with two attached hydrogens (primary N) is 1. The van der Waals surface area contributed by atoms with E-state index in [2.05, 4.69) is 39.5 Å². The lowest BCUT2D eigenvalue weighted by Gasteiger charge is -2.36. The molecule has 0 radical (unpaired) electrons. The molecule has 0 saturated carbocycles. The Labute approximate surface area is 83.5 Å². The molecule has 2 heteroatoms. The van der Waals surface area contributed by atoms with E-state index in [4.69, 9.17) is 5.73 Å². The molecule has 0 aromatic rings. The first-order chi connectivity index (χ1) is 6.04. The maximum absolute atomic E-state index is 5.62. The molecule has 2 unspecified atom stereocenters. The van der Waals surface area contributed by atoms with E-state index < -0.39 is 0 Å². The number of hydrogen-bond acceptors (Lipinski definition) is 2. The minimum Gasteiger partial charge on any atom is -0.329 e. The van der Waals surface area contributed by atoms with Crippen LogP contribution in [0.5, 0.6) is 0 Å². The van der Waals surface area contributed by atoms with E-state index in [1.165, 1.54) is 6.42 Å². The Morgan fingerprint density at radius 2 is 1.69 bits per heavy atom. The number of rotatable bonds is 6. The summed E-state index contributed by atoms with van der Waals surface area (Å²) in [4.78, 5) is 2.52. The van der Waals surface area contributed by atoms with E-state index in [1.54, 1.807) is 0 Å². The van der Waals surface area contributed by atoms with Gasteiger partial charge < -0.3 is 5.73 Å². The quantitative estimate of drug-likeness (QED) is 0.688. The molecule has 0 heterocycles. The first-order valence-electron chi connectivity index (χ1n) is 5.50. The highest BCUT2D eigenvalue weighted by atomic mass is 15.2. The van der Waals surface area contributed by atoms with Crippen molar-refractivity contribution in [2.45, 2.75) is 53.1 Å². The standard InChI is InChI=1S/C11H26N2/c1-6-10(4)13(8-7-12)11(5)9(2)3/h9-11H,6-8,12H2,1-5H3. The summed E-state index contributed by atoms with van der Waals surface area (Å²) in [7, 11) is 0. The van der Waals surface area contributed by atoms with Crippen molar-refractivity contribution in [3.05, 3.63) is 0 Å². The lowest BCUT2D eigenvalue weighted by molar-refractivity contribution is 0.122. The minimum atomic E-state index is 0.637. The van der Waals surface area contributed by atoms with Crippen molar-refractivity contribution in [3.8, 4) is 0 Å². The van der Waals surface area contributed by atoms with Crippen LogP contribution in [0.3, 0.4) is 0 Å². The fourth-order valence-electron chi connectivity index (χ4n) is 1.59. The van der Waals surface area contributed by atoms with Crippen LogP contribution in [0.15, 0.2) is 0 Å². The van der Waals surface area contributed by atoms with E-state index in [0.717, 1.165) is 13.1 Å². The van der Waals surface area contributed by atoms with Gasteiger partial charge in [0.25, 0.3) is 0 Å². The zero-order chi connectivity index (χ0) is 10.4. The van der Waals surface area contributed by atoms with Crippen molar-refractivity contribution >= 4 is 0 Å². The van der Waals surface area contributed by atoms with Gasteiger partial charge in [-0.3, -0.25) is 4.90 Å². The van der Waals surface area contributed by atoms with Crippen molar-refractivity contribution in [1.29, 1.82) is 0 Å². The highest BCUT2D eigenvalue weighted by Crippen LogP contribution is 2.14. The molecular weight excluding hydrogens is 160 g/mol. The zero-order valence-corrected chi connectivity index (χ0v) is 9.88. The lowest BCUT2D eigenvalue weighted by Crippen LogP contribution is -2.45. The Kier molecular flexibility index (Phi) is 6.35. The first kappa shape index (κ1) is 12.9. The summed E-state index contributed by atoms with van der Waals surface area (Å²) in [6.45, 7) is 13.2. The molecule has 0 aromatic carbocycles. The van der Waals surface area contributed by atoms with Gasteiger partial charge in [-0.05, 0) is 26.2 Å². The maximum Gasteiger partial charge on any atom is 0.0110 e. The SMILES string of the molecule is CCC(C)N(CCN)C(C)C(C)C. The predicted octanol–water partition coefficient (Wildman–Crippen LogP) is 2.09. The van der Waals surface area contributed by atoms with Crippen LogP contribution in [-0.4, -0.2) is 30.1 Å². The van der Waals surface area contributed by atoms with E-state index >= 15 is 0 Å². The van der Waals surface area contributed by atoms with Crippen LogP contribution >= 0.6 is 0 Å². The van der Waals surface area contributed by atoms with Gasteiger partial charge in [-0.15, -0.1) is 0 Å². The predicted molar refractivity (Wildman–Crippen MR) is 59.8 cm³/mol. The van der Waals surface area contributed by atoms with E-state index in [-0.39, 0.29) is 0 Å². The minimum absolute atomic E-state index is 0.637. The van der Waals surface area contributed by atoms with Crippen molar-refractivity contribution in [2.75, 3.05) is 13.1 Å². The lowest BCUT2D eigenvalue weighted by atomic mass is 10.0. The Bertz CT molecular complexity index is 123. The van der Waals surface area contributed by atoms with Gasteiger partial charge in [-0.1, -0.05) is 20.8 Å². The summed E-state index contributed by atoms with van der Waals surface area (Å²) < 4.78 is 0. The van der Waals surface area contributed by atoms with Crippen molar-refractivity contribution in [1.82, 2.24) is 4.90 Å². The van der Waals surface area contributed by atoms with Crippen LogP contribution < -0.4 is 5.73 Å². The summed E-state index contributed by atoms with van der Waals surface area (Å²) in [6.07, 6.45) is 1.21. The van der Waals surface area contributed by atoms with Crippen LogP contribution in [0.4, 0.5) is 0 Å². The van der Waals surface area contributed by atoms with Crippen molar-refractivity contribution in [3.63, 3.8) is 0 Å². The highest BCUT2D eigenvalue weighted by Gasteiger charge is 2.20. The Balaban J connectivity index is 4.22. The van der Waals surface area contributed by atoms with Gasteiger partial charge in [-0.25, -0.2) is 0 Å². The molecular formula is C11H26N2. The average Bonchev–Trinajstić information content (AvgIpc) is 2.11. The van der Waals surface area contributed by atoms with Gasteiger partial charge in [0.1, 0.15) is 0 Å². The van der Waals surface area contributed by atoms with Crippen molar-refractivity contribution in [2.24, 2.45) is 11.7 Å². The van der Waals surface area contributed by atoms with Gasteiger partial charge >= 0.3 is 0 Å². The van der Waals surface area contributed by atoms with Crippen LogP contribution in [-0.2, 0) is 0 Å². The monoisotopic (exact) mass is 186 g/mol. The maximum atomic E-state index is 5.62. The fraction of sp³-hybridized carbons (Fsp3) is 1.00. The van der Waals surface area contributed by atoms with Crippen LogP contribution in [0.1, 0.15) is 41.0 Å². The second kappa shape index (κ2) is 6.39. The Morgan fingerprint density at radius 1 is 1.15 bits per heavy atom. The third-order valence-corrected chi connectivity index (χ3v) is 3.03. The molecule has 0 aliphatic heterocycles. The highest BCUT2D eigenvalue weighted by molar-refractivity contribution is 4.75. The molecule has 2 atom stereocenters. The second-order valence-electron chi connectivity index (χ2n) is 4.27. The van der Waals surface area contributed by atoms with Gasteiger partial charge in [0.15, 0.2) is 0 Å². The zero-order valence-electron chi connectivity index (χ0n) is 9.88. The molecule has 0 aromatic heterocycles. The smallest absolute Gasteiger partial charge is 0.0110 e. The summed E-state index contributed by atoms with van der Waals surface area (Å²) in [5.41, 5.74) is 5.62. The van der Waals surface area contributed by atoms with Crippen LogP contribution in [0.25, 0.3) is 0 Å². The molecule has 0 rings (SSSR count). The van der Waals surface area contributed by atoms with Crippen LogP contribution in [0, 0.1) is 5.92 Å². The largest absolute Gasteiger partial charge is 0.329 e. The van der Waals surface area contributed by atoms with E-state index in [1.807, 2.05) is 0 Å². The molecule has 0 aliphatic rings. The molecule has 0 fully saturated rings. The summed E-state index contributed by atoms with van der Waals surface area (Å²) in [5.74, 6) is 0.709. The van der Waals surface area contributed by atoms with E-state index in [0.29, 0.717) is 18.0 Å². The molecule has 80 valence electrons. The molecule has 2 N–H and O–H groups in total. The van der Waals surface area contributed by atoms with Crippen molar-refractivity contribution < 1.29 is 0 Å². The van der Waals surface area contributed by atoms with E-state index in [9.17, 15) is 0 Å². The topological polar surface area (TPSA) is 29.3 Å². The molecule has 0 saturated heterocycles. The molecule has 0 spiro atoms. The number of nitrogens with zero attached hydrogens (tertiary/aromatic N) is 1. The third-order valence-electron chi connectivity index (χ3n) is 3.03. The summed E-state index contributed by atoms with van der Waals surface area (Å²) in [5, 5.41) is 0. The van der Waals surface area contributed by atoms with Gasteiger partial charge in [-0.2, -0.15) is 0 Å². The van der Waals surface area contributed by atoms with Gasteiger partial charge in [0.2, 0.25) is 0 Å². The first-order valence-corrected chi connectivity index (χ1v) is 5.50. The molecule has 0 aliphatic carbocycles.